The van der Waals surface area contributed by atoms with Crippen molar-refractivity contribution in [2.45, 2.75) is 0 Å². The van der Waals surface area contributed by atoms with Gasteiger partial charge in [-0.15, -0.1) is 12.4 Å². The van der Waals surface area contributed by atoms with Gasteiger partial charge in [0.2, 0.25) is 0 Å². The lowest BCUT2D eigenvalue weighted by Gasteiger charge is -2.00. The Hall–Kier alpha value is -0.440. The van der Waals surface area contributed by atoms with Gasteiger partial charge in [0.25, 0.3) is 0 Å². The quantitative estimate of drug-likeness (QED) is 0.560. The molecule has 0 saturated carbocycles. The van der Waals surface area contributed by atoms with E-state index < -0.39 is 0 Å². The third-order valence-corrected chi connectivity index (χ3v) is 1.78. The van der Waals surface area contributed by atoms with Gasteiger partial charge in [0.1, 0.15) is 5.84 Å². The molecule has 1 aromatic rings. The van der Waals surface area contributed by atoms with Crippen molar-refractivity contribution < 1.29 is 0 Å². The summed E-state index contributed by atoms with van der Waals surface area (Å²) in [6.45, 7) is 0. The van der Waals surface area contributed by atoms with Crippen molar-refractivity contribution in [3.63, 3.8) is 0 Å². The fourth-order valence-corrected chi connectivity index (χ4v) is 1.10. The molecule has 0 atom stereocenters. The number of halogens is 3. The van der Waals surface area contributed by atoms with Crippen LogP contribution in [-0.4, -0.2) is 5.84 Å². The van der Waals surface area contributed by atoms with E-state index in [9.17, 15) is 0 Å². The Morgan fingerprint density at radius 1 is 1.33 bits per heavy atom. The second-order valence-electron chi connectivity index (χ2n) is 2.04. The summed E-state index contributed by atoms with van der Waals surface area (Å²) in [6.07, 6.45) is 0. The molecule has 1 aromatic carbocycles. The zero-order valence-electron chi connectivity index (χ0n) is 5.97. The number of hydrogen-bond donors (Lipinski definition) is 2. The van der Waals surface area contributed by atoms with Crippen LogP contribution in [0.3, 0.4) is 0 Å². The molecular formula is C7H7Cl3N2. The standard InChI is InChI=1S/C7H6Cl2N2.ClH/c8-4-1-2-6(9)5(3-4)7(10)11;/h1-3H,(H3,10,11);1H. The average Bonchev–Trinajstić information content (AvgIpc) is 1.94. The first-order chi connectivity index (χ1) is 5.11. The van der Waals surface area contributed by atoms with Crippen LogP contribution < -0.4 is 5.73 Å². The van der Waals surface area contributed by atoms with E-state index in [0.29, 0.717) is 15.6 Å². The molecule has 5 heteroatoms. The summed E-state index contributed by atoms with van der Waals surface area (Å²) in [4.78, 5) is 0. The first-order valence-electron chi connectivity index (χ1n) is 2.90. The van der Waals surface area contributed by atoms with Gasteiger partial charge in [0.15, 0.2) is 0 Å². The van der Waals surface area contributed by atoms with Gasteiger partial charge in [-0.1, -0.05) is 23.2 Å². The molecule has 0 fully saturated rings. The lowest BCUT2D eigenvalue weighted by Crippen LogP contribution is -2.11. The molecule has 0 spiro atoms. The van der Waals surface area contributed by atoms with Gasteiger partial charge in [0, 0.05) is 10.6 Å². The van der Waals surface area contributed by atoms with Gasteiger partial charge in [-0.05, 0) is 18.2 Å². The monoisotopic (exact) mass is 224 g/mol. The summed E-state index contributed by atoms with van der Waals surface area (Å²) in [6, 6.07) is 4.82. The highest BCUT2D eigenvalue weighted by Crippen LogP contribution is 2.19. The van der Waals surface area contributed by atoms with E-state index in [0.717, 1.165) is 0 Å². The summed E-state index contributed by atoms with van der Waals surface area (Å²) >= 11 is 11.4. The molecule has 0 bridgehead atoms. The van der Waals surface area contributed by atoms with Crippen LogP contribution in [-0.2, 0) is 0 Å². The van der Waals surface area contributed by atoms with Crippen LogP contribution in [0.15, 0.2) is 18.2 Å². The van der Waals surface area contributed by atoms with Crippen molar-refractivity contribution in [3.05, 3.63) is 33.8 Å². The molecule has 2 nitrogen and oxygen atoms in total. The summed E-state index contributed by atoms with van der Waals surface area (Å²) in [5.74, 6) is -0.0718. The Kier molecular flexibility index (Phi) is 4.39. The molecule has 3 N–H and O–H groups in total. The molecule has 0 aliphatic carbocycles. The fraction of sp³-hybridized carbons (Fsp3) is 0. The highest BCUT2D eigenvalue weighted by molar-refractivity contribution is 6.35. The van der Waals surface area contributed by atoms with Gasteiger partial charge in [-0.3, -0.25) is 5.41 Å². The van der Waals surface area contributed by atoms with E-state index in [1.165, 1.54) is 0 Å². The Bertz CT molecular complexity index is 299. The zero-order chi connectivity index (χ0) is 8.43. The minimum absolute atomic E-state index is 0. The second kappa shape index (κ2) is 4.55. The number of rotatable bonds is 1. The number of nitrogen functional groups attached to an aromatic ring is 1. The third kappa shape index (κ3) is 2.55. The fourth-order valence-electron chi connectivity index (χ4n) is 0.704. The highest BCUT2D eigenvalue weighted by atomic mass is 35.5. The second-order valence-corrected chi connectivity index (χ2v) is 2.88. The van der Waals surface area contributed by atoms with Crippen LogP contribution in [0.5, 0.6) is 0 Å². The van der Waals surface area contributed by atoms with Crippen LogP contribution in [0, 0.1) is 5.41 Å². The Balaban J connectivity index is 0.00000121. The zero-order valence-corrected chi connectivity index (χ0v) is 8.30. The topological polar surface area (TPSA) is 49.9 Å². The third-order valence-electron chi connectivity index (χ3n) is 1.22. The van der Waals surface area contributed by atoms with Gasteiger partial charge in [-0.25, -0.2) is 0 Å². The Morgan fingerprint density at radius 3 is 2.33 bits per heavy atom. The summed E-state index contributed by atoms with van der Waals surface area (Å²) in [5, 5.41) is 8.08. The molecule has 66 valence electrons. The van der Waals surface area contributed by atoms with Crippen molar-refractivity contribution in [1.29, 1.82) is 5.41 Å². The molecule has 1 rings (SSSR count). The molecule has 0 heterocycles. The molecule has 0 radical (unpaired) electrons. The maximum absolute atomic E-state index is 7.11. The maximum atomic E-state index is 7.11. The number of nitrogens with two attached hydrogens (primary N) is 1. The van der Waals surface area contributed by atoms with Crippen LogP contribution >= 0.6 is 35.6 Å². The Morgan fingerprint density at radius 2 is 1.92 bits per heavy atom. The number of benzene rings is 1. The minimum Gasteiger partial charge on any atom is -0.384 e. The lowest BCUT2D eigenvalue weighted by molar-refractivity contribution is 1.42. The predicted molar refractivity (Wildman–Crippen MR) is 54.7 cm³/mol. The highest BCUT2D eigenvalue weighted by Gasteiger charge is 2.02. The molecule has 0 aromatic heterocycles. The van der Waals surface area contributed by atoms with E-state index in [2.05, 4.69) is 0 Å². The number of hydrogen-bond acceptors (Lipinski definition) is 1. The molecule has 0 saturated heterocycles. The van der Waals surface area contributed by atoms with E-state index in [-0.39, 0.29) is 18.2 Å². The van der Waals surface area contributed by atoms with Crippen LogP contribution in [0.25, 0.3) is 0 Å². The van der Waals surface area contributed by atoms with Gasteiger partial charge in [-0.2, -0.15) is 0 Å². The van der Waals surface area contributed by atoms with E-state index in [1.54, 1.807) is 18.2 Å². The summed E-state index contributed by atoms with van der Waals surface area (Å²) in [5.41, 5.74) is 5.70. The predicted octanol–water partition coefficient (Wildman–Crippen LogP) is 2.70. The van der Waals surface area contributed by atoms with Crippen molar-refractivity contribution in [2.75, 3.05) is 0 Å². The smallest absolute Gasteiger partial charge is 0.124 e. The lowest BCUT2D eigenvalue weighted by atomic mass is 10.2. The minimum atomic E-state index is -0.0718. The maximum Gasteiger partial charge on any atom is 0.124 e. The first kappa shape index (κ1) is 11.6. The number of amidine groups is 1. The Labute approximate surface area is 86.6 Å². The molecular weight excluding hydrogens is 218 g/mol. The molecule has 0 unspecified atom stereocenters. The van der Waals surface area contributed by atoms with Crippen molar-refractivity contribution in [3.8, 4) is 0 Å². The van der Waals surface area contributed by atoms with Crippen molar-refractivity contribution in [1.82, 2.24) is 0 Å². The molecule has 0 amide bonds. The van der Waals surface area contributed by atoms with Crippen LogP contribution in [0.4, 0.5) is 0 Å². The van der Waals surface area contributed by atoms with Crippen molar-refractivity contribution >= 4 is 41.4 Å². The largest absolute Gasteiger partial charge is 0.384 e. The normalized spacial score (nSPS) is 8.83. The summed E-state index contributed by atoms with van der Waals surface area (Å²) < 4.78 is 0. The number of nitrogens with one attached hydrogen (secondary N) is 1. The molecule has 12 heavy (non-hydrogen) atoms. The van der Waals surface area contributed by atoms with E-state index in [4.69, 9.17) is 34.3 Å². The van der Waals surface area contributed by atoms with Gasteiger partial charge in [0.05, 0.1) is 5.02 Å². The van der Waals surface area contributed by atoms with E-state index in [1.807, 2.05) is 0 Å². The van der Waals surface area contributed by atoms with E-state index >= 15 is 0 Å². The van der Waals surface area contributed by atoms with Crippen LogP contribution in [0.1, 0.15) is 5.56 Å². The van der Waals surface area contributed by atoms with Crippen LogP contribution in [0.2, 0.25) is 10.0 Å². The van der Waals surface area contributed by atoms with Gasteiger partial charge < -0.3 is 5.73 Å². The molecule has 0 aliphatic heterocycles. The summed E-state index contributed by atoms with van der Waals surface area (Å²) in [7, 11) is 0. The molecule has 0 aliphatic rings. The van der Waals surface area contributed by atoms with Crippen molar-refractivity contribution in [2.24, 2.45) is 5.73 Å². The SMILES string of the molecule is Cl.N=C(N)c1cc(Cl)ccc1Cl. The average molecular weight is 226 g/mol. The first-order valence-corrected chi connectivity index (χ1v) is 3.66. The van der Waals surface area contributed by atoms with Gasteiger partial charge >= 0.3 is 0 Å².